The molecule has 0 saturated heterocycles. The minimum Gasteiger partial charge on any atom is -0.612 e. The normalized spacial score (nSPS) is 12.9. The molecule has 0 amide bonds. The Bertz CT molecular complexity index is 1740. The summed E-state index contributed by atoms with van der Waals surface area (Å²) in [7, 11) is 1.38. The quantitative estimate of drug-likeness (QED) is 0.145. The lowest BCUT2D eigenvalue weighted by atomic mass is 9.94. The van der Waals surface area contributed by atoms with Gasteiger partial charge in [-0.1, -0.05) is 24.3 Å². The Morgan fingerprint density at radius 1 is 0.857 bits per heavy atom. The Labute approximate surface area is 238 Å². The van der Waals surface area contributed by atoms with Crippen LogP contribution < -0.4 is 4.74 Å². The first-order valence-corrected chi connectivity index (χ1v) is 13.8. The van der Waals surface area contributed by atoms with E-state index >= 15 is 0 Å². The molecule has 0 fully saturated rings. The van der Waals surface area contributed by atoms with Crippen LogP contribution in [0.3, 0.4) is 0 Å². The molecule has 0 spiro atoms. The summed E-state index contributed by atoms with van der Waals surface area (Å²) >= 11 is -1.26. The van der Waals surface area contributed by atoms with Crippen LogP contribution in [0.2, 0.25) is 0 Å². The van der Waals surface area contributed by atoms with Crippen LogP contribution in [-0.2, 0) is 24.4 Å². The molecular formula is C29H21F6N3O3S. The van der Waals surface area contributed by atoms with E-state index in [2.05, 4.69) is 14.8 Å². The number of oxazole rings is 1. The Balaban J connectivity index is 1.70. The zero-order valence-electron chi connectivity index (χ0n) is 22.2. The summed E-state index contributed by atoms with van der Waals surface area (Å²) in [5.41, 5.74) is 1.75. The van der Waals surface area contributed by atoms with Crippen LogP contribution in [0.5, 0.6) is 5.75 Å². The first kappa shape index (κ1) is 29.3. The molecule has 2 aromatic heterocycles. The average molecular weight is 606 g/mol. The fourth-order valence-electron chi connectivity index (χ4n) is 4.47. The molecule has 0 aliphatic rings. The van der Waals surface area contributed by atoms with Crippen molar-refractivity contribution >= 4 is 11.2 Å². The molecule has 42 heavy (non-hydrogen) atoms. The van der Waals surface area contributed by atoms with Gasteiger partial charge in [0.05, 0.1) is 5.69 Å². The van der Waals surface area contributed by atoms with Gasteiger partial charge in [-0.25, -0.2) is 4.98 Å². The van der Waals surface area contributed by atoms with Gasteiger partial charge in [-0.2, -0.15) is 18.3 Å². The average Bonchev–Trinajstić information content (AvgIpc) is 3.50. The van der Waals surface area contributed by atoms with Crippen molar-refractivity contribution in [1.82, 2.24) is 14.8 Å². The second-order valence-electron chi connectivity index (χ2n) is 9.26. The second kappa shape index (κ2) is 10.9. The summed E-state index contributed by atoms with van der Waals surface area (Å²) in [5.74, 6) is -0.0337. The molecule has 5 rings (SSSR count). The number of benzene rings is 3. The van der Waals surface area contributed by atoms with Crippen molar-refractivity contribution in [3.05, 3.63) is 84.4 Å². The van der Waals surface area contributed by atoms with E-state index in [1.807, 2.05) is 0 Å². The SMILES string of the molecule is Cc1nc(-c2ccc(OC(F)(F)F)cc2)c(-c2cc(-c3cccc([S+](C)[O-])c3)ccc2-c2cc(C(F)(F)F)nn2C)o1. The molecule has 0 radical (unpaired) electrons. The van der Waals surface area contributed by atoms with E-state index in [-0.39, 0.29) is 23.0 Å². The molecule has 13 heteroatoms. The summed E-state index contributed by atoms with van der Waals surface area (Å²) < 4.78 is 102. The van der Waals surface area contributed by atoms with Crippen molar-refractivity contribution in [2.24, 2.45) is 7.05 Å². The van der Waals surface area contributed by atoms with Gasteiger partial charge in [0.1, 0.15) is 17.7 Å². The largest absolute Gasteiger partial charge is 0.612 e. The maximum absolute atomic E-state index is 13.5. The Morgan fingerprint density at radius 2 is 1.52 bits per heavy atom. The lowest BCUT2D eigenvalue weighted by Gasteiger charge is -2.13. The van der Waals surface area contributed by atoms with E-state index in [0.717, 1.165) is 22.9 Å². The van der Waals surface area contributed by atoms with E-state index in [9.17, 15) is 30.9 Å². The van der Waals surface area contributed by atoms with Gasteiger partial charge in [0.25, 0.3) is 0 Å². The molecule has 0 N–H and O–H groups in total. The van der Waals surface area contributed by atoms with E-state index in [4.69, 9.17) is 4.42 Å². The summed E-state index contributed by atoms with van der Waals surface area (Å²) in [6.07, 6.45) is -8.00. The number of alkyl halides is 6. The highest BCUT2D eigenvalue weighted by molar-refractivity contribution is 7.90. The molecular weight excluding hydrogens is 584 g/mol. The number of aryl methyl sites for hydroxylation is 2. The number of ether oxygens (including phenoxy) is 1. The molecule has 0 aliphatic carbocycles. The maximum Gasteiger partial charge on any atom is 0.573 e. The molecule has 0 bridgehead atoms. The molecule has 0 aliphatic heterocycles. The summed E-state index contributed by atoms with van der Waals surface area (Å²) in [5, 5.41) is 3.64. The molecule has 218 valence electrons. The van der Waals surface area contributed by atoms with Crippen LogP contribution in [-0.4, -0.2) is 31.9 Å². The van der Waals surface area contributed by atoms with Gasteiger partial charge in [0.15, 0.2) is 22.2 Å². The van der Waals surface area contributed by atoms with Crippen molar-refractivity contribution < 1.29 is 40.0 Å². The highest BCUT2D eigenvalue weighted by Gasteiger charge is 2.35. The molecule has 6 nitrogen and oxygen atoms in total. The van der Waals surface area contributed by atoms with Crippen molar-refractivity contribution in [3.63, 3.8) is 0 Å². The van der Waals surface area contributed by atoms with Crippen LogP contribution >= 0.6 is 0 Å². The molecule has 1 unspecified atom stereocenters. The van der Waals surface area contributed by atoms with Crippen molar-refractivity contribution in [2.45, 2.75) is 24.4 Å². The zero-order chi connectivity index (χ0) is 30.4. The first-order chi connectivity index (χ1) is 19.7. The molecule has 2 heterocycles. The van der Waals surface area contributed by atoms with Crippen LogP contribution in [0, 0.1) is 6.92 Å². The number of halogens is 6. The standard InChI is InChI=1S/C29H21F6N3O3S/c1-16-36-26(17-7-10-20(11-8-17)41-29(33,34)35)27(40-16)23-14-19(18-5-4-6-21(13-18)42(3)39)9-12-22(23)24-15-25(28(30,31)32)37-38(24)2/h4-15H,1-3H3. The third-order valence-electron chi connectivity index (χ3n) is 6.31. The fraction of sp³-hybridized carbons (Fsp3) is 0.172. The second-order valence-corrected chi connectivity index (χ2v) is 10.6. The summed E-state index contributed by atoms with van der Waals surface area (Å²) in [4.78, 5) is 5.01. The Kier molecular flexibility index (Phi) is 7.58. The topological polar surface area (TPSA) is 76.1 Å². The highest BCUT2D eigenvalue weighted by Crippen LogP contribution is 2.42. The van der Waals surface area contributed by atoms with Gasteiger partial charge >= 0.3 is 12.5 Å². The fourth-order valence-corrected chi connectivity index (χ4v) is 5.03. The molecule has 5 aromatic rings. The van der Waals surface area contributed by atoms with Gasteiger partial charge < -0.3 is 13.7 Å². The van der Waals surface area contributed by atoms with Crippen molar-refractivity contribution in [1.29, 1.82) is 0 Å². The predicted octanol–water partition coefficient (Wildman–Crippen LogP) is 8.04. The Morgan fingerprint density at radius 3 is 2.14 bits per heavy atom. The number of hydrogen-bond donors (Lipinski definition) is 0. The highest BCUT2D eigenvalue weighted by atomic mass is 32.2. The molecule has 1 atom stereocenters. The predicted molar refractivity (Wildman–Crippen MR) is 144 cm³/mol. The van der Waals surface area contributed by atoms with Crippen LogP contribution in [0.4, 0.5) is 26.3 Å². The Hall–Kier alpha value is -4.23. The van der Waals surface area contributed by atoms with E-state index in [0.29, 0.717) is 32.7 Å². The van der Waals surface area contributed by atoms with Gasteiger partial charge in [0, 0.05) is 36.7 Å². The molecule has 3 aromatic carbocycles. The van der Waals surface area contributed by atoms with Gasteiger partial charge in [-0.05, 0) is 64.8 Å². The zero-order valence-corrected chi connectivity index (χ0v) is 23.0. The lowest BCUT2D eigenvalue weighted by Crippen LogP contribution is -2.16. The van der Waals surface area contributed by atoms with Crippen molar-refractivity contribution in [3.8, 4) is 50.7 Å². The monoisotopic (exact) mass is 605 g/mol. The van der Waals surface area contributed by atoms with E-state index in [1.54, 1.807) is 55.6 Å². The van der Waals surface area contributed by atoms with Gasteiger partial charge in [-0.3, -0.25) is 4.68 Å². The van der Waals surface area contributed by atoms with Crippen LogP contribution in [0.25, 0.3) is 45.0 Å². The lowest BCUT2D eigenvalue weighted by molar-refractivity contribution is -0.274. The minimum absolute atomic E-state index is 0.140. The van der Waals surface area contributed by atoms with E-state index < -0.39 is 35.2 Å². The summed E-state index contributed by atoms with van der Waals surface area (Å²) in [6.45, 7) is 1.57. The number of hydrogen-bond acceptors (Lipinski definition) is 5. The molecule has 0 saturated carbocycles. The smallest absolute Gasteiger partial charge is 0.573 e. The third kappa shape index (κ3) is 6.16. The maximum atomic E-state index is 13.5. The van der Waals surface area contributed by atoms with Crippen molar-refractivity contribution in [2.75, 3.05) is 6.26 Å². The number of aromatic nitrogens is 3. The number of rotatable bonds is 6. The van der Waals surface area contributed by atoms with Gasteiger partial charge in [-0.15, -0.1) is 13.2 Å². The van der Waals surface area contributed by atoms with Crippen LogP contribution in [0.1, 0.15) is 11.6 Å². The van der Waals surface area contributed by atoms with Crippen LogP contribution in [0.15, 0.2) is 82.1 Å². The first-order valence-electron chi connectivity index (χ1n) is 12.2. The third-order valence-corrected chi connectivity index (χ3v) is 7.22. The number of nitrogens with zero attached hydrogens (tertiary/aromatic N) is 3. The summed E-state index contributed by atoms with van der Waals surface area (Å²) in [6, 6.07) is 18.0. The minimum atomic E-state index is -4.87. The van der Waals surface area contributed by atoms with E-state index in [1.165, 1.54) is 19.2 Å². The van der Waals surface area contributed by atoms with Gasteiger partial charge in [0.2, 0.25) is 0 Å².